The Bertz CT molecular complexity index is 522. The van der Waals surface area contributed by atoms with Crippen LogP contribution >= 0.6 is 0 Å². The third kappa shape index (κ3) is 4.38. The van der Waals surface area contributed by atoms with Crippen LogP contribution in [-0.4, -0.2) is 47.2 Å². The first-order chi connectivity index (χ1) is 11.8. The summed E-state index contributed by atoms with van der Waals surface area (Å²) >= 11 is 0. The smallest absolute Gasteiger partial charge is 0.222 e. The van der Waals surface area contributed by atoms with Crippen molar-refractivity contribution >= 4 is 5.91 Å². The number of imidazole rings is 1. The van der Waals surface area contributed by atoms with Crippen molar-refractivity contribution in [3.05, 3.63) is 18.2 Å². The average Bonchev–Trinajstić information content (AvgIpc) is 3.09. The largest absolute Gasteiger partial charge is 0.383 e. The van der Waals surface area contributed by atoms with Crippen LogP contribution in [0.5, 0.6) is 0 Å². The third-order valence-corrected chi connectivity index (χ3v) is 5.61. The predicted octanol–water partition coefficient (Wildman–Crippen LogP) is 3.21. The van der Waals surface area contributed by atoms with Crippen molar-refractivity contribution in [1.82, 2.24) is 14.5 Å². The molecule has 0 N–H and O–H groups in total. The predicted molar refractivity (Wildman–Crippen MR) is 93.9 cm³/mol. The fourth-order valence-corrected chi connectivity index (χ4v) is 4.24. The lowest BCUT2D eigenvalue weighted by molar-refractivity contribution is -0.133. The number of nitrogens with zero attached hydrogens (tertiary/aromatic N) is 3. The van der Waals surface area contributed by atoms with Gasteiger partial charge in [-0.2, -0.15) is 0 Å². The quantitative estimate of drug-likeness (QED) is 0.803. The van der Waals surface area contributed by atoms with Gasteiger partial charge >= 0.3 is 0 Å². The molecule has 1 aliphatic heterocycles. The highest BCUT2D eigenvalue weighted by atomic mass is 16.5. The molecular weight excluding hydrogens is 302 g/mol. The molecule has 1 aromatic heterocycles. The highest BCUT2D eigenvalue weighted by molar-refractivity contribution is 5.76. The van der Waals surface area contributed by atoms with E-state index in [0.29, 0.717) is 24.3 Å². The van der Waals surface area contributed by atoms with Crippen LogP contribution in [0.15, 0.2) is 12.4 Å². The molecule has 0 aromatic carbocycles. The molecule has 3 rings (SSSR count). The summed E-state index contributed by atoms with van der Waals surface area (Å²) in [5, 5.41) is 0. The lowest BCUT2D eigenvalue weighted by Crippen LogP contribution is -2.40. The fourth-order valence-electron chi connectivity index (χ4n) is 4.24. The first-order valence-corrected chi connectivity index (χ1v) is 9.55. The normalized spacial score (nSPS) is 22.7. The minimum absolute atomic E-state index is 0.362. The molecule has 2 heterocycles. The van der Waals surface area contributed by atoms with Gasteiger partial charge in [0, 0.05) is 51.5 Å². The molecule has 1 amide bonds. The number of aromatic nitrogens is 2. The van der Waals surface area contributed by atoms with Gasteiger partial charge < -0.3 is 14.2 Å². The molecular formula is C19H31N3O2. The molecule has 0 unspecified atom stereocenters. The van der Waals surface area contributed by atoms with E-state index < -0.39 is 0 Å². The van der Waals surface area contributed by atoms with Gasteiger partial charge in [0.1, 0.15) is 5.82 Å². The highest BCUT2D eigenvalue weighted by Crippen LogP contribution is 2.30. The van der Waals surface area contributed by atoms with E-state index in [1.54, 1.807) is 7.11 Å². The number of amides is 1. The van der Waals surface area contributed by atoms with Crippen molar-refractivity contribution in [2.24, 2.45) is 5.92 Å². The number of carbonyl (C=O) groups is 1. The van der Waals surface area contributed by atoms with Gasteiger partial charge in [-0.3, -0.25) is 4.79 Å². The zero-order valence-corrected chi connectivity index (χ0v) is 15.0. The first-order valence-electron chi connectivity index (χ1n) is 9.55. The molecule has 0 spiro atoms. The number of piperidine rings is 1. The molecule has 2 aliphatic rings. The number of hydrogen-bond acceptors (Lipinski definition) is 3. The number of methoxy groups -OCH3 is 1. The van der Waals surface area contributed by atoms with E-state index in [2.05, 4.69) is 14.5 Å². The van der Waals surface area contributed by atoms with Gasteiger partial charge in [-0.1, -0.05) is 19.3 Å². The Morgan fingerprint density at radius 2 is 2.08 bits per heavy atom. The average molecular weight is 333 g/mol. The third-order valence-electron chi connectivity index (χ3n) is 5.61. The van der Waals surface area contributed by atoms with Crippen molar-refractivity contribution in [3.8, 4) is 0 Å². The van der Waals surface area contributed by atoms with Crippen molar-refractivity contribution < 1.29 is 9.53 Å². The summed E-state index contributed by atoms with van der Waals surface area (Å²) in [4.78, 5) is 19.4. The van der Waals surface area contributed by atoms with Gasteiger partial charge in [0.2, 0.25) is 5.91 Å². The molecule has 1 aliphatic carbocycles. The molecule has 2 fully saturated rings. The Hall–Kier alpha value is -1.36. The van der Waals surface area contributed by atoms with Gasteiger partial charge in [-0.15, -0.1) is 0 Å². The molecule has 1 atom stereocenters. The summed E-state index contributed by atoms with van der Waals surface area (Å²) in [7, 11) is 1.73. The zero-order chi connectivity index (χ0) is 16.8. The summed E-state index contributed by atoms with van der Waals surface area (Å²) in [6, 6.07) is 0. The Morgan fingerprint density at radius 1 is 1.25 bits per heavy atom. The summed E-state index contributed by atoms with van der Waals surface area (Å²) in [5.74, 6) is 2.46. The molecule has 24 heavy (non-hydrogen) atoms. The van der Waals surface area contributed by atoms with Gasteiger partial charge in [0.25, 0.3) is 0 Å². The Labute approximate surface area is 145 Å². The van der Waals surface area contributed by atoms with Crippen LogP contribution in [0.3, 0.4) is 0 Å². The van der Waals surface area contributed by atoms with E-state index in [0.717, 1.165) is 44.7 Å². The topological polar surface area (TPSA) is 47.4 Å². The molecule has 1 saturated heterocycles. The molecule has 0 bridgehead atoms. The summed E-state index contributed by atoms with van der Waals surface area (Å²) in [6.45, 7) is 3.27. The van der Waals surface area contributed by atoms with Crippen molar-refractivity contribution in [2.75, 3.05) is 26.8 Å². The van der Waals surface area contributed by atoms with Crippen molar-refractivity contribution in [2.45, 2.75) is 63.8 Å². The zero-order valence-electron chi connectivity index (χ0n) is 15.0. The van der Waals surface area contributed by atoms with Gasteiger partial charge in [0.05, 0.1) is 6.61 Å². The maximum absolute atomic E-state index is 12.7. The number of carbonyl (C=O) groups excluding carboxylic acids is 1. The Balaban J connectivity index is 1.57. The van der Waals surface area contributed by atoms with E-state index in [1.807, 2.05) is 12.4 Å². The van der Waals surface area contributed by atoms with E-state index in [1.165, 1.54) is 32.1 Å². The fraction of sp³-hybridized carbons (Fsp3) is 0.789. The number of rotatable bonds is 6. The van der Waals surface area contributed by atoms with Gasteiger partial charge in [0.15, 0.2) is 0 Å². The second-order valence-corrected chi connectivity index (χ2v) is 7.36. The van der Waals surface area contributed by atoms with E-state index in [4.69, 9.17) is 4.74 Å². The second kappa shape index (κ2) is 8.65. The summed E-state index contributed by atoms with van der Waals surface area (Å²) < 4.78 is 7.37. The van der Waals surface area contributed by atoms with Gasteiger partial charge in [-0.05, 0) is 31.6 Å². The standard InChI is InChI=1S/C19H31N3O2/c1-24-13-12-21-11-9-20-19(21)17-8-5-10-22(15-17)18(23)14-16-6-3-2-4-7-16/h9,11,16-17H,2-8,10,12-15H2,1H3/t17-/m0/s1. The molecule has 1 aromatic rings. The van der Waals surface area contributed by atoms with Crippen LogP contribution in [0.25, 0.3) is 0 Å². The Morgan fingerprint density at radius 3 is 2.88 bits per heavy atom. The van der Waals surface area contributed by atoms with E-state index >= 15 is 0 Å². The van der Waals surface area contributed by atoms with E-state index in [-0.39, 0.29) is 0 Å². The minimum atomic E-state index is 0.362. The van der Waals surface area contributed by atoms with Crippen LogP contribution in [0.1, 0.15) is 63.1 Å². The summed E-state index contributed by atoms with van der Waals surface area (Å²) in [6.07, 6.45) is 13.3. The number of ether oxygens (including phenoxy) is 1. The number of hydrogen-bond donors (Lipinski definition) is 0. The van der Waals surface area contributed by atoms with Crippen LogP contribution < -0.4 is 0 Å². The Kier molecular flexibility index (Phi) is 6.30. The first kappa shape index (κ1) is 17.5. The van der Waals surface area contributed by atoms with Crippen molar-refractivity contribution in [3.63, 3.8) is 0 Å². The monoisotopic (exact) mass is 333 g/mol. The van der Waals surface area contributed by atoms with Crippen LogP contribution in [0.2, 0.25) is 0 Å². The van der Waals surface area contributed by atoms with Crippen LogP contribution in [0.4, 0.5) is 0 Å². The molecule has 0 radical (unpaired) electrons. The summed E-state index contributed by atoms with van der Waals surface area (Å²) in [5.41, 5.74) is 0. The van der Waals surface area contributed by atoms with Crippen LogP contribution in [-0.2, 0) is 16.1 Å². The van der Waals surface area contributed by atoms with Crippen molar-refractivity contribution in [1.29, 1.82) is 0 Å². The number of likely N-dealkylation sites (tertiary alicyclic amines) is 1. The SMILES string of the molecule is COCCn1ccnc1[C@H]1CCCN(C(=O)CC2CCCCC2)C1. The minimum Gasteiger partial charge on any atom is -0.383 e. The van der Waals surface area contributed by atoms with E-state index in [9.17, 15) is 4.79 Å². The lowest BCUT2D eigenvalue weighted by Gasteiger charge is -2.34. The molecule has 5 nitrogen and oxygen atoms in total. The molecule has 134 valence electrons. The molecule has 1 saturated carbocycles. The highest BCUT2D eigenvalue weighted by Gasteiger charge is 2.28. The maximum atomic E-state index is 12.7. The molecule has 5 heteroatoms. The van der Waals surface area contributed by atoms with Crippen LogP contribution in [0, 0.1) is 5.92 Å². The lowest BCUT2D eigenvalue weighted by atomic mass is 9.86. The second-order valence-electron chi connectivity index (χ2n) is 7.36. The van der Waals surface area contributed by atoms with Gasteiger partial charge in [-0.25, -0.2) is 4.98 Å². The maximum Gasteiger partial charge on any atom is 0.222 e.